The van der Waals surface area contributed by atoms with Crippen LogP contribution in [0.3, 0.4) is 0 Å². The predicted octanol–water partition coefficient (Wildman–Crippen LogP) is 4.05. The third kappa shape index (κ3) is 4.82. The van der Waals surface area contributed by atoms with Crippen molar-refractivity contribution in [3.8, 4) is 0 Å². The van der Waals surface area contributed by atoms with Crippen molar-refractivity contribution in [3.63, 3.8) is 0 Å². The molecule has 1 aromatic carbocycles. The second-order valence-electron chi connectivity index (χ2n) is 6.99. The summed E-state index contributed by atoms with van der Waals surface area (Å²) in [7, 11) is 0. The fourth-order valence-electron chi connectivity index (χ4n) is 3.37. The quantitative estimate of drug-likeness (QED) is 0.779. The number of hydrogen-bond donors (Lipinski definition) is 1. The maximum Gasteiger partial charge on any atom is 0.0616 e. The number of benzene rings is 1. The summed E-state index contributed by atoms with van der Waals surface area (Å²) >= 11 is 0. The zero-order chi connectivity index (χ0) is 15.1. The van der Waals surface area contributed by atoms with Crippen LogP contribution in [-0.4, -0.2) is 25.8 Å². The minimum Gasteiger partial charge on any atom is -0.378 e. The first-order valence-corrected chi connectivity index (χ1v) is 8.49. The van der Waals surface area contributed by atoms with Crippen molar-refractivity contribution >= 4 is 0 Å². The Balaban J connectivity index is 1.84. The number of ether oxygens (including phenoxy) is 1. The average Bonchev–Trinajstić information content (AvgIpc) is 2.81. The molecule has 1 aromatic rings. The molecular formula is C19H31NO. The van der Waals surface area contributed by atoms with Gasteiger partial charge in [0.15, 0.2) is 0 Å². The van der Waals surface area contributed by atoms with Crippen LogP contribution in [0.1, 0.15) is 45.6 Å². The van der Waals surface area contributed by atoms with Crippen LogP contribution in [0.4, 0.5) is 0 Å². The normalized spacial score (nSPS) is 25.6. The molecule has 2 unspecified atom stereocenters. The fourth-order valence-corrected chi connectivity index (χ4v) is 3.37. The first-order chi connectivity index (χ1) is 10.1. The second kappa shape index (κ2) is 7.95. The molecule has 1 aliphatic rings. The molecule has 0 amide bonds. The van der Waals surface area contributed by atoms with E-state index in [0.29, 0.717) is 17.4 Å². The summed E-state index contributed by atoms with van der Waals surface area (Å²) in [6.07, 6.45) is 5.27. The summed E-state index contributed by atoms with van der Waals surface area (Å²) in [5, 5.41) is 3.67. The van der Waals surface area contributed by atoms with Gasteiger partial charge in [-0.05, 0) is 50.6 Å². The van der Waals surface area contributed by atoms with Crippen LogP contribution in [0.5, 0.6) is 0 Å². The van der Waals surface area contributed by atoms with Crippen LogP contribution < -0.4 is 5.32 Å². The molecule has 118 valence electrons. The average molecular weight is 289 g/mol. The van der Waals surface area contributed by atoms with Gasteiger partial charge in [0.1, 0.15) is 0 Å². The molecule has 1 aliphatic heterocycles. The Labute approximate surface area is 130 Å². The van der Waals surface area contributed by atoms with Gasteiger partial charge in [-0.1, -0.05) is 44.2 Å². The lowest BCUT2D eigenvalue weighted by molar-refractivity contribution is 0.0571. The molecule has 0 aromatic heterocycles. The largest absolute Gasteiger partial charge is 0.378 e. The van der Waals surface area contributed by atoms with E-state index in [-0.39, 0.29) is 0 Å². The molecule has 1 heterocycles. The maximum atomic E-state index is 5.89. The Morgan fingerprint density at radius 3 is 2.67 bits per heavy atom. The molecule has 0 spiro atoms. The zero-order valence-corrected chi connectivity index (χ0v) is 13.9. The van der Waals surface area contributed by atoms with Crippen molar-refractivity contribution < 1.29 is 4.74 Å². The summed E-state index contributed by atoms with van der Waals surface area (Å²) < 4.78 is 5.89. The van der Waals surface area contributed by atoms with Gasteiger partial charge in [-0.15, -0.1) is 0 Å². The lowest BCUT2D eigenvalue weighted by Gasteiger charge is -2.33. The van der Waals surface area contributed by atoms with Gasteiger partial charge in [-0.3, -0.25) is 0 Å². The lowest BCUT2D eigenvalue weighted by Crippen LogP contribution is -2.40. The standard InChI is InChI=1S/C19H31NO/c1-16(2)14-20-15-19(12-13-21-17(19)3)11-7-10-18-8-5-4-6-9-18/h4-6,8-9,16-17,20H,7,10-15H2,1-3H3. The van der Waals surface area contributed by atoms with Gasteiger partial charge in [0.2, 0.25) is 0 Å². The summed E-state index contributed by atoms with van der Waals surface area (Å²) in [6, 6.07) is 10.8. The van der Waals surface area contributed by atoms with Crippen molar-refractivity contribution in [1.82, 2.24) is 5.32 Å². The molecule has 1 N–H and O–H groups in total. The SMILES string of the molecule is CC(C)CNCC1(CCCc2ccccc2)CCOC1C. The van der Waals surface area contributed by atoms with Gasteiger partial charge in [0.25, 0.3) is 0 Å². The number of nitrogens with one attached hydrogen (secondary N) is 1. The van der Waals surface area contributed by atoms with Crippen molar-refractivity contribution in [2.75, 3.05) is 19.7 Å². The molecule has 1 fully saturated rings. The van der Waals surface area contributed by atoms with E-state index < -0.39 is 0 Å². The topological polar surface area (TPSA) is 21.3 Å². The molecule has 2 atom stereocenters. The Kier molecular flexibility index (Phi) is 6.25. The molecule has 0 bridgehead atoms. The molecule has 2 rings (SSSR count). The summed E-state index contributed by atoms with van der Waals surface area (Å²) in [5.41, 5.74) is 1.79. The lowest BCUT2D eigenvalue weighted by atomic mass is 9.76. The van der Waals surface area contributed by atoms with E-state index in [1.54, 1.807) is 0 Å². The molecule has 0 saturated carbocycles. The Morgan fingerprint density at radius 2 is 2.05 bits per heavy atom. The monoisotopic (exact) mass is 289 g/mol. The minimum atomic E-state index is 0.337. The fraction of sp³-hybridized carbons (Fsp3) is 0.684. The van der Waals surface area contributed by atoms with Gasteiger partial charge in [-0.25, -0.2) is 0 Å². The van der Waals surface area contributed by atoms with E-state index in [2.05, 4.69) is 56.4 Å². The van der Waals surface area contributed by atoms with Gasteiger partial charge < -0.3 is 10.1 Å². The van der Waals surface area contributed by atoms with Gasteiger partial charge in [-0.2, -0.15) is 0 Å². The molecule has 0 aliphatic carbocycles. The van der Waals surface area contributed by atoms with E-state index >= 15 is 0 Å². The Hall–Kier alpha value is -0.860. The van der Waals surface area contributed by atoms with Crippen LogP contribution in [0.2, 0.25) is 0 Å². The van der Waals surface area contributed by atoms with Crippen molar-refractivity contribution in [1.29, 1.82) is 0 Å². The van der Waals surface area contributed by atoms with Crippen molar-refractivity contribution in [3.05, 3.63) is 35.9 Å². The van der Waals surface area contributed by atoms with E-state index in [0.717, 1.165) is 19.7 Å². The first-order valence-electron chi connectivity index (χ1n) is 8.49. The third-order valence-electron chi connectivity index (χ3n) is 4.84. The van der Waals surface area contributed by atoms with Gasteiger partial charge in [0, 0.05) is 18.6 Å². The molecular weight excluding hydrogens is 258 g/mol. The number of aryl methyl sites for hydroxylation is 1. The zero-order valence-electron chi connectivity index (χ0n) is 13.9. The van der Waals surface area contributed by atoms with E-state index in [1.807, 2.05) is 0 Å². The highest BCUT2D eigenvalue weighted by molar-refractivity contribution is 5.14. The first kappa shape index (κ1) is 16.5. The van der Waals surface area contributed by atoms with Crippen LogP contribution in [0.25, 0.3) is 0 Å². The van der Waals surface area contributed by atoms with E-state index in [1.165, 1.54) is 31.2 Å². The summed E-state index contributed by atoms with van der Waals surface area (Å²) in [4.78, 5) is 0. The highest BCUT2D eigenvalue weighted by atomic mass is 16.5. The van der Waals surface area contributed by atoms with Crippen LogP contribution >= 0.6 is 0 Å². The Bertz CT molecular complexity index is 403. The molecule has 0 radical (unpaired) electrons. The summed E-state index contributed by atoms with van der Waals surface area (Å²) in [5.74, 6) is 0.712. The maximum absolute atomic E-state index is 5.89. The van der Waals surface area contributed by atoms with Crippen LogP contribution in [0, 0.1) is 11.3 Å². The second-order valence-corrected chi connectivity index (χ2v) is 6.99. The highest BCUT2D eigenvalue weighted by Crippen LogP contribution is 2.39. The third-order valence-corrected chi connectivity index (χ3v) is 4.84. The molecule has 1 saturated heterocycles. The Morgan fingerprint density at radius 1 is 1.29 bits per heavy atom. The van der Waals surface area contributed by atoms with Crippen molar-refractivity contribution in [2.45, 2.75) is 52.6 Å². The molecule has 2 heteroatoms. The van der Waals surface area contributed by atoms with Crippen LogP contribution in [-0.2, 0) is 11.2 Å². The van der Waals surface area contributed by atoms with Gasteiger partial charge in [0.05, 0.1) is 6.10 Å². The van der Waals surface area contributed by atoms with E-state index in [9.17, 15) is 0 Å². The predicted molar refractivity (Wildman–Crippen MR) is 89.6 cm³/mol. The van der Waals surface area contributed by atoms with Crippen LogP contribution in [0.15, 0.2) is 30.3 Å². The molecule has 2 nitrogen and oxygen atoms in total. The smallest absolute Gasteiger partial charge is 0.0616 e. The minimum absolute atomic E-state index is 0.337. The summed E-state index contributed by atoms with van der Waals surface area (Å²) in [6.45, 7) is 9.92. The van der Waals surface area contributed by atoms with E-state index in [4.69, 9.17) is 4.74 Å². The van der Waals surface area contributed by atoms with Crippen molar-refractivity contribution in [2.24, 2.45) is 11.3 Å². The highest BCUT2D eigenvalue weighted by Gasteiger charge is 2.40. The van der Waals surface area contributed by atoms with Gasteiger partial charge >= 0.3 is 0 Å². The number of hydrogen-bond acceptors (Lipinski definition) is 2. The number of rotatable bonds is 8. The molecule has 21 heavy (non-hydrogen) atoms.